The van der Waals surface area contributed by atoms with E-state index in [0.29, 0.717) is 13.2 Å². The maximum Gasteiger partial charge on any atom is 0.313 e. The lowest BCUT2D eigenvalue weighted by molar-refractivity contribution is -0.143. The molecule has 0 spiro atoms. The molecule has 0 N–H and O–H groups in total. The van der Waals surface area contributed by atoms with E-state index in [1.807, 2.05) is 29.7 Å². The molecule has 0 aliphatic rings. The van der Waals surface area contributed by atoms with Crippen LogP contribution in [0.3, 0.4) is 0 Å². The normalized spacial score (nSPS) is 10.7. The van der Waals surface area contributed by atoms with E-state index in [1.165, 1.54) is 12.0 Å². The highest BCUT2D eigenvalue weighted by molar-refractivity contribution is 7.10. The van der Waals surface area contributed by atoms with Crippen LogP contribution in [0.1, 0.15) is 17.7 Å². The molecule has 0 radical (unpaired) electrons. The second kappa shape index (κ2) is 8.60. The van der Waals surface area contributed by atoms with Crippen molar-refractivity contribution in [1.82, 2.24) is 0 Å². The van der Waals surface area contributed by atoms with Crippen molar-refractivity contribution < 1.29 is 19.1 Å². The lowest BCUT2D eigenvalue weighted by Crippen LogP contribution is -2.11. The van der Waals surface area contributed by atoms with Gasteiger partial charge in [0.05, 0.1) is 20.3 Å². The van der Waals surface area contributed by atoms with Crippen molar-refractivity contribution >= 4 is 29.2 Å². The molecular weight excluding hydrogens is 252 g/mol. The van der Waals surface area contributed by atoms with Crippen molar-refractivity contribution in [3.63, 3.8) is 0 Å². The molecule has 0 amide bonds. The van der Waals surface area contributed by atoms with E-state index in [9.17, 15) is 9.59 Å². The highest BCUT2D eigenvalue weighted by Crippen LogP contribution is 2.09. The first-order chi connectivity index (χ1) is 8.72. The lowest BCUT2D eigenvalue weighted by atomic mass is 10.2. The van der Waals surface area contributed by atoms with E-state index in [-0.39, 0.29) is 18.6 Å². The van der Waals surface area contributed by atoms with Gasteiger partial charge in [-0.15, -0.1) is 11.3 Å². The molecule has 0 fully saturated rings. The highest BCUT2D eigenvalue weighted by atomic mass is 32.1. The van der Waals surface area contributed by atoms with Gasteiger partial charge in [0.2, 0.25) is 0 Å². The van der Waals surface area contributed by atoms with Crippen molar-refractivity contribution in [3.8, 4) is 0 Å². The molecule has 0 bridgehead atoms. The van der Waals surface area contributed by atoms with Crippen molar-refractivity contribution in [1.29, 1.82) is 0 Å². The molecule has 1 heterocycles. The molecule has 0 aromatic carbocycles. The smallest absolute Gasteiger partial charge is 0.313 e. The fourth-order valence-corrected chi connectivity index (χ4v) is 1.86. The van der Waals surface area contributed by atoms with Gasteiger partial charge in [-0.25, -0.2) is 0 Å². The zero-order chi connectivity index (χ0) is 13.2. The van der Waals surface area contributed by atoms with E-state index in [0.717, 1.165) is 0 Å². The maximum atomic E-state index is 11.2. The molecule has 0 unspecified atom stereocenters. The third kappa shape index (κ3) is 6.32. The van der Waals surface area contributed by atoms with Crippen LogP contribution in [0.2, 0.25) is 0 Å². The maximum absolute atomic E-state index is 11.2. The second-order valence-corrected chi connectivity index (χ2v) is 4.51. The summed E-state index contributed by atoms with van der Waals surface area (Å²) >= 11 is 1.65. The number of carbonyl (C=O) groups is 2. The van der Waals surface area contributed by atoms with Crippen LogP contribution < -0.4 is 0 Å². The fourth-order valence-electron chi connectivity index (χ4n) is 1.21. The number of hydrogen-bond donors (Lipinski definition) is 0. The minimum absolute atomic E-state index is 0.163. The minimum Gasteiger partial charge on any atom is -0.469 e. The SMILES string of the molecule is COC(=O)CC(=O)CCOC/C=C/c1cccs1. The largest absolute Gasteiger partial charge is 0.469 e. The molecule has 98 valence electrons. The van der Waals surface area contributed by atoms with Crippen LogP contribution >= 0.6 is 11.3 Å². The quantitative estimate of drug-likeness (QED) is 0.412. The molecule has 0 saturated carbocycles. The number of ether oxygens (including phenoxy) is 2. The van der Waals surface area contributed by atoms with E-state index in [1.54, 1.807) is 11.3 Å². The van der Waals surface area contributed by atoms with Gasteiger partial charge in [0, 0.05) is 11.3 Å². The zero-order valence-electron chi connectivity index (χ0n) is 10.3. The highest BCUT2D eigenvalue weighted by Gasteiger charge is 2.08. The number of esters is 1. The summed E-state index contributed by atoms with van der Waals surface area (Å²) < 4.78 is 9.66. The first-order valence-corrected chi connectivity index (χ1v) is 6.46. The van der Waals surface area contributed by atoms with Gasteiger partial charge in [0.15, 0.2) is 0 Å². The van der Waals surface area contributed by atoms with Crippen LogP contribution in [0, 0.1) is 0 Å². The Morgan fingerprint density at radius 3 is 2.94 bits per heavy atom. The minimum atomic E-state index is -0.502. The number of thiophene rings is 1. The van der Waals surface area contributed by atoms with Crippen molar-refractivity contribution in [3.05, 3.63) is 28.5 Å². The van der Waals surface area contributed by atoms with Gasteiger partial charge >= 0.3 is 5.97 Å². The van der Waals surface area contributed by atoms with Gasteiger partial charge in [0.25, 0.3) is 0 Å². The molecule has 0 atom stereocenters. The van der Waals surface area contributed by atoms with Gasteiger partial charge in [-0.3, -0.25) is 9.59 Å². The fraction of sp³-hybridized carbons (Fsp3) is 0.385. The summed E-state index contributed by atoms with van der Waals surface area (Å²) in [7, 11) is 1.27. The Morgan fingerprint density at radius 2 is 2.28 bits per heavy atom. The Balaban J connectivity index is 2.05. The van der Waals surface area contributed by atoms with Crippen molar-refractivity contribution in [2.45, 2.75) is 12.8 Å². The van der Waals surface area contributed by atoms with Crippen LogP contribution in [0.15, 0.2) is 23.6 Å². The van der Waals surface area contributed by atoms with Crippen LogP contribution in [0.4, 0.5) is 0 Å². The summed E-state index contributed by atoms with van der Waals surface area (Å²) in [5.41, 5.74) is 0. The Morgan fingerprint density at radius 1 is 1.44 bits per heavy atom. The van der Waals surface area contributed by atoms with Crippen LogP contribution in [0.5, 0.6) is 0 Å². The van der Waals surface area contributed by atoms with E-state index < -0.39 is 5.97 Å². The number of Topliss-reactive ketones (excluding diaryl/α,β-unsaturated/α-hetero) is 1. The molecule has 0 saturated heterocycles. The Labute approximate surface area is 110 Å². The standard InChI is InChI=1S/C13H16O4S/c1-16-13(15)10-11(14)6-8-17-7-2-4-12-5-3-9-18-12/h2-5,9H,6-8,10H2,1H3/b4-2+. The molecule has 1 rings (SSSR count). The summed E-state index contributed by atoms with van der Waals surface area (Å²) in [6.45, 7) is 0.786. The van der Waals surface area contributed by atoms with Crippen LogP contribution in [-0.2, 0) is 19.1 Å². The van der Waals surface area contributed by atoms with E-state index in [2.05, 4.69) is 4.74 Å². The molecule has 4 nitrogen and oxygen atoms in total. The zero-order valence-corrected chi connectivity index (χ0v) is 11.1. The molecule has 1 aromatic rings. The molecule has 0 aliphatic heterocycles. The molecule has 5 heteroatoms. The van der Waals surface area contributed by atoms with E-state index >= 15 is 0 Å². The van der Waals surface area contributed by atoms with Gasteiger partial charge < -0.3 is 9.47 Å². The van der Waals surface area contributed by atoms with E-state index in [4.69, 9.17) is 4.74 Å². The number of methoxy groups -OCH3 is 1. The number of ketones is 1. The van der Waals surface area contributed by atoms with Gasteiger partial charge in [-0.2, -0.15) is 0 Å². The first kappa shape index (κ1) is 14.6. The number of rotatable bonds is 8. The Bertz CT molecular complexity index is 395. The summed E-state index contributed by atoms with van der Waals surface area (Å²) in [5.74, 6) is -0.665. The van der Waals surface area contributed by atoms with Crippen LogP contribution in [-0.4, -0.2) is 32.1 Å². The second-order valence-electron chi connectivity index (χ2n) is 3.53. The average molecular weight is 268 g/mol. The Kier molecular flexibility index (Phi) is 6.98. The van der Waals surface area contributed by atoms with Crippen molar-refractivity contribution in [2.24, 2.45) is 0 Å². The van der Waals surface area contributed by atoms with Gasteiger partial charge in [-0.1, -0.05) is 12.1 Å². The molecule has 0 aliphatic carbocycles. The van der Waals surface area contributed by atoms with Gasteiger partial charge in [-0.05, 0) is 17.5 Å². The average Bonchev–Trinajstić information content (AvgIpc) is 2.86. The third-order valence-electron chi connectivity index (χ3n) is 2.13. The molecule has 1 aromatic heterocycles. The van der Waals surface area contributed by atoms with Crippen molar-refractivity contribution in [2.75, 3.05) is 20.3 Å². The topological polar surface area (TPSA) is 52.6 Å². The number of hydrogen-bond acceptors (Lipinski definition) is 5. The summed E-state index contributed by atoms with van der Waals surface area (Å²) in [5, 5.41) is 2.01. The first-order valence-electron chi connectivity index (χ1n) is 5.58. The lowest BCUT2D eigenvalue weighted by Gasteiger charge is -2.00. The summed E-state index contributed by atoms with van der Waals surface area (Å²) in [6, 6.07) is 4.00. The Hall–Kier alpha value is -1.46. The molecular formula is C13H16O4S. The summed E-state index contributed by atoms with van der Waals surface area (Å²) in [6.07, 6.45) is 3.93. The molecule has 18 heavy (non-hydrogen) atoms. The monoisotopic (exact) mass is 268 g/mol. The predicted octanol–water partition coefficient (Wildman–Crippen LogP) is 2.30. The number of carbonyl (C=O) groups excluding carboxylic acids is 2. The summed E-state index contributed by atoms with van der Waals surface area (Å²) in [4.78, 5) is 23.2. The van der Waals surface area contributed by atoms with Crippen LogP contribution in [0.25, 0.3) is 6.08 Å². The third-order valence-corrected chi connectivity index (χ3v) is 2.97. The predicted molar refractivity (Wildman–Crippen MR) is 70.4 cm³/mol. The van der Waals surface area contributed by atoms with Gasteiger partial charge in [0.1, 0.15) is 12.2 Å².